The minimum atomic E-state index is -3.82. The summed E-state index contributed by atoms with van der Waals surface area (Å²) in [5.41, 5.74) is 0.605. The van der Waals surface area contributed by atoms with Crippen LogP contribution in [0.5, 0.6) is 0 Å². The molecular weight excluding hydrogens is 370 g/mol. The van der Waals surface area contributed by atoms with Gasteiger partial charge in [-0.1, -0.05) is 0 Å². The Balaban J connectivity index is 1.42. The lowest BCUT2D eigenvalue weighted by molar-refractivity contribution is 0.0544. The highest BCUT2D eigenvalue weighted by Crippen LogP contribution is 2.38. The molecule has 0 saturated carbocycles. The predicted octanol–water partition coefficient (Wildman–Crippen LogP) is 0.524. The van der Waals surface area contributed by atoms with Crippen LogP contribution in [-0.4, -0.2) is 78.7 Å². The fraction of sp³-hybridized carbons (Fsp3) is 0.647. The van der Waals surface area contributed by atoms with Gasteiger partial charge in [0.25, 0.3) is 0 Å². The zero-order valence-electron chi connectivity index (χ0n) is 15.1. The number of piperidine rings is 1. The third-order valence-electron chi connectivity index (χ3n) is 6.17. The molecule has 4 heterocycles. The highest BCUT2D eigenvalue weighted by molar-refractivity contribution is 7.89. The second-order valence-electron chi connectivity index (χ2n) is 7.61. The Hall–Kier alpha value is -1.91. The highest BCUT2D eigenvalue weighted by Gasteiger charge is 2.45. The Morgan fingerprint density at radius 2 is 1.74 bits per heavy atom. The molecule has 0 aromatic carbocycles. The first kappa shape index (κ1) is 18.5. The Labute approximate surface area is 158 Å². The number of fused-ring (bicyclic) bond motifs is 2. The van der Waals surface area contributed by atoms with Gasteiger partial charge in [-0.25, -0.2) is 18.4 Å². The Bertz CT molecular complexity index is 810. The zero-order chi connectivity index (χ0) is 19.2. The van der Waals surface area contributed by atoms with Crippen molar-refractivity contribution >= 4 is 21.8 Å². The summed E-state index contributed by atoms with van der Waals surface area (Å²) in [4.78, 5) is 21.5. The van der Waals surface area contributed by atoms with Gasteiger partial charge in [0.05, 0.1) is 5.69 Å². The molecule has 3 aliphatic rings. The number of aromatic nitrogens is 1. The second-order valence-corrected chi connectivity index (χ2v) is 9.14. The van der Waals surface area contributed by atoms with Crippen molar-refractivity contribution in [2.24, 2.45) is 5.14 Å². The zero-order valence-corrected chi connectivity index (χ0v) is 15.9. The number of primary sulfonamides is 1. The van der Waals surface area contributed by atoms with E-state index in [9.17, 15) is 18.3 Å². The van der Waals surface area contributed by atoms with Gasteiger partial charge in [-0.2, -0.15) is 0 Å². The lowest BCUT2D eigenvalue weighted by Gasteiger charge is -2.45. The van der Waals surface area contributed by atoms with Crippen LogP contribution >= 0.6 is 0 Å². The third kappa shape index (κ3) is 3.48. The molecule has 10 heteroatoms. The summed E-state index contributed by atoms with van der Waals surface area (Å²) < 4.78 is 23.6. The quantitative estimate of drug-likeness (QED) is 0.766. The molecule has 3 aliphatic heterocycles. The van der Waals surface area contributed by atoms with Crippen molar-refractivity contribution in [1.82, 2.24) is 14.8 Å². The first-order chi connectivity index (χ1) is 12.8. The lowest BCUT2D eigenvalue weighted by atomic mass is 9.95. The molecule has 2 unspecified atom stereocenters. The molecule has 4 rings (SSSR count). The van der Waals surface area contributed by atoms with Gasteiger partial charge in [0.1, 0.15) is 4.90 Å². The van der Waals surface area contributed by atoms with Crippen LogP contribution in [0.1, 0.15) is 25.7 Å². The van der Waals surface area contributed by atoms with Crippen LogP contribution in [0.15, 0.2) is 23.4 Å². The van der Waals surface area contributed by atoms with Crippen molar-refractivity contribution in [3.8, 4) is 0 Å². The summed E-state index contributed by atoms with van der Waals surface area (Å²) in [6.45, 7) is 3.06. The summed E-state index contributed by atoms with van der Waals surface area (Å²) >= 11 is 0. The SMILES string of the molecule is NS(=O)(=O)c1cnccc1N1CCN(C2CC3CCC(C2)N3C(=O)O)CC1. The second kappa shape index (κ2) is 6.92. The number of rotatable bonds is 3. The van der Waals surface area contributed by atoms with Gasteiger partial charge in [0.2, 0.25) is 10.0 Å². The van der Waals surface area contributed by atoms with Gasteiger partial charge >= 0.3 is 6.09 Å². The van der Waals surface area contributed by atoms with Crippen molar-refractivity contribution in [2.75, 3.05) is 31.1 Å². The first-order valence-corrected chi connectivity index (χ1v) is 10.9. The van der Waals surface area contributed by atoms with E-state index >= 15 is 0 Å². The van der Waals surface area contributed by atoms with Crippen LogP contribution < -0.4 is 10.0 Å². The third-order valence-corrected chi connectivity index (χ3v) is 7.10. The monoisotopic (exact) mass is 395 g/mol. The Morgan fingerprint density at radius 3 is 2.30 bits per heavy atom. The van der Waals surface area contributed by atoms with E-state index in [0.29, 0.717) is 24.8 Å². The number of hydrogen-bond acceptors (Lipinski definition) is 6. The Morgan fingerprint density at radius 1 is 1.11 bits per heavy atom. The largest absolute Gasteiger partial charge is 0.465 e. The smallest absolute Gasteiger partial charge is 0.407 e. The van der Waals surface area contributed by atoms with Gasteiger partial charge < -0.3 is 14.9 Å². The molecule has 3 N–H and O–H groups in total. The average molecular weight is 395 g/mol. The molecule has 1 aromatic rings. The van der Waals surface area contributed by atoms with E-state index in [-0.39, 0.29) is 17.0 Å². The molecule has 148 valence electrons. The first-order valence-electron chi connectivity index (χ1n) is 9.31. The normalized spacial score (nSPS) is 29.1. The fourth-order valence-corrected chi connectivity index (χ4v) is 5.64. The van der Waals surface area contributed by atoms with Gasteiger partial charge in [0, 0.05) is 56.7 Å². The molecule has 27 heavy (non-hydrogen) atoms. The van der Waals surface area contributed by atoms with E-state index in [1.54, 1.807) is 17.2 Å². The van der Waals surface area contributed by atoms with E-state index in [1.807, 2.05) is 4.90 Å². The molecular formula is C17H25N5O4S. The fourth-order valence-electron chi connectivity index (χ4n) is 4.94. The predicted molar refractivity (Wildman–Crippen MR) is 99.1 cm³/mol. The summed E-state index contributed by atoms with van der Waals surface area (Å²) in [5.74, 6) is 0. The summed E-state index contributed by atoms with van der Waals surface area (Å²) in [6.07, 6.45) is 5.79. The minimum absolute atomic E-state index is 0.0614. The van der Waals surface area contributed by atoms with Gasteiger partial charge in [-0.3, -0.25) is 9.88 Å². The summed E-state index contributed by atoms with van der Waals surface area (Å²) in [7, 11) is -3.82. The maximum atomic E-state index is 11.8. The number of pyridine rings is 1. The van der Waals surface area contributed by atoms with Crippen LogP contribution in [0.25, 0.3) is 0 Å². The van der Waals surface area contributed by atoms with Crippen molar-refractivity contribution in [2.45, 2.75) is 48.7 Å². The van der Waals surface area contributed by atoms with Crippen LogP contribution in [0.2, 0.25) is 0 Å². The number of carbonyl (C=O) groups is 1. The highest BCUT2D eigenvalue weighted by atomic mass is 32.2. The van der Waals surface area contributed by atoms with Crippen LogP contribution in [-0.2, 0) is 10.0 Å². The van der Waals surface area contributed by atoms with Crippen molar-refractivity contribution in [3.63, 3.8) is 0 Å². The number of piperazine rings is 1. The van der Waals surface area contributed by atoms with E-state index in [0.717, 1.165) is 38.8 Å². The van der Waals surface area contributed by atoms with Gasteiger partial charge in [0.15, 0.2) is 0 Å². The number of nitrogens with zero attached hydrogens (tertiary/aromatic N) is 4. The molecule has 0 spiro atoms. The molecule has 9 nitrogen and oxygen atoms in total. The topological polar surface area (TPSA) is 120 Å². The molecule has 0 aliphatic carbocycles. The average Bonchev–Trinajstić information content (AvgIpc) is 2.92. The lowest BCUT2D eigenvalue weighted by Crippen LogP contribution is -2.56. The van der Waals surface area contributed by atoms with E-state index in [1.165, 1.54) is 6.20 Å². The molecule has 2 bridgehead atoms. The van der Waals surface area contributed by atoms with Crippen LogP contribution in [0.4, 0.5) is 10.5 Å². The van der Waals surface area contributed by atoms with Crippen LogP contribution in [0.3, 0.4) is 0 Å². The Kier molecular flexibility index (Phi) is 4.73. The summed E-state index contributed by atoms with van der Waals surface area (Å²) in [5, 5.41) is 14.7. The van der Waals surface area contributed by atoms with E-state index in [4.69, 9.17) is 5.14 Å². The number of anilines is 1. The maximum absolute atomic E-state index is 11.8. The van der Waals surface area contributed by atoms with Crippen molar-refractivity contribution in [1.29, 1.82) is 0 Å². The number of amides is 1. The number of hydrogen-bond donors (Lipinski definition) is 2. The van der Waals surface area contributed by atoms with Gasteiger partial charge in [-0.15, -0.1) is 0 Å². The van der Waals surface area contributed by atoms with Crippen molar-refractivity contribution < 1.29 is 18.3 Å². The molecule has 3 saturated heterocycles. The molecule has 1 aromatic heterocycles. The maximum Gasteiger partial charge on any atom is 0.407 e. The summed E-state index contributed by atoms with van der Waals surface area (Å²) in [6, 6.07) is 2.37. The molecule has 0 radical (unpaired) electrons. The number of sulfonamides is 1. The number of nitrogens with two attached hydrogens (primary N) is 1. The van der Waals surface area contributed by atoms with E-state index < -0.39 is 16.1 Å². The van der Waals surface area contributed by atoms with E-state index in [2.05, 4.69) is 9.88 Å². The van der Waals surface area contributed by atoms with Crippen molar-refractivity contribution in [3.05, 3.63) is 18.5 Å². The standard InChI is InChI=1S/C17H25N5O4S/c18-27(25,26)16-11-19-4-3-15(16)21-7-5-20(6-8-21)14-9-12-1-2-13(10-14)22(12)17(23)24/h3-4,11-14H,1-2,5-10H2,(H,23,24)(H2,18,25,26). The molecule has 3 fully saturated rings. The molecule has 1 amide bonds. The minimum Gasteiger partial charge on any atom is -0.465 e. The molecule has 2 atom stereocenters. The number of carboxylic acid groups (broad SMARTS) is 1. The van der Waals surface area contributed by atoms with Gasteiger partial charge in [-0.05, 0) is 31.7 Å². The van der Waals surface area contributed by atoms with Crippen LogP contribution in [0, 0.1) is 0 Å².